The van der Waals surface area contributed by atoms with Crippen LogP contribution in [0.4, 0.5) is 0 Å². The van der Waals surface area contributed by atoms with Crippen molar-refractivity contribution in [2.24, 2.45) is 0 Å². The molecule has 0 amide bonds. The van der Waals surface area contributed by atoms with Crippen LogP contribution in [0.15, 0.2) is 437 Å². The SMILES string of the molecule is c1ccc(-c2cc(-c3ccccc3)cc(-c3cc4c5ccc6c7ccccc7oc6c5n5c4c(c3)c3ccc4c6ccccc6oc4c35)c2)cc1.c1ccc(-c2cc3c4ccc5c6ccccc6oc5c4n4c3c(c2)c2ccc3c5ccccc5oc3c24)cc1.c1ccc2c(c1)oc1ccc(-c3cc4c5ccc6c7ccccc7oc6c5n5c4c(c3)c3ccc4c6ccccc6oc4c35)cc12. The first-order valence-electron chi connectivity index (χ1n) is 46.3. The van der Waals surface area contributed by atoms with E-state index in [1.165, 1.54) is 126 Å². The van der Waals surface area contributed by atoms with Crippen molar-refractivity contribution >= 4 is 268 Å². The van der Waals surface area contributed by atoms with Gasteiger partial charge in [0.25, 0.3) is 0 Å². The van der Waals surface area contributed by atoms with Crippen molar-refractivity contribution in [1.82, 2.24) is 13.2 Å². The van der Waals surface area contributed by atoms with E-state index in [2.05, 4.69) is 371 Å². The molecule has 628 valence electrons. The summed E-state index contributed by atoms with van der Waals surface area (Å²) in [6.45, 7) is 0. The molecule has 136 heavy (non-hydrogen) atoms. The summed E-state index contributed by atoms with van der Waals surface area (Å²) >= 11 is 0. The van der Waals surface area contributed by atoms with E-state index in [1.807, 2.05) is 48.5 Å². The van der Waals surface area contributed by atoms with Crippen molar-refractivity contribution in [1.29, 1.82) is 0 Å². The van der Waals surface area contributed by atoms with Gasteiger partial charge in [0.05, 0.1) is 49.7 Å². The third kappa shape index (κ3) is 9.80. The summed E-state index contributed by atoms with van der Waals surface area (Å²) in [7, 11) is 0. The minimum absolute atomic E-state index is 0.893. The highest BCUT2D eigenvalue weighted by atomic mass is 16.4. The van der Waals surface area contributed by atoms with Crippen molar-refractivity contribution in [3.8, 4) is 55.6 Å². The van der Waals surface area contributed by atoms with Gasteiger partial charge in [-0.05, 0) is 201 Å². The van der Waals surface area contributed by atoms with E-state index in [-0.39, 0.29) is 0 Å². The molecule has 0 aliphatic heterocycles. The van der Waals surface area contributed by atoms with Crippen LogP contribution in [0, 0.1) is 0 Å². The van der Waals surface area contributed by atoms with Gasteiger partial charge in [-0.1, -0.05) is 261 Å². The molecule has 0 saturated heterocycles. The molecule has 0 radical (unpaired) electrons. The number of para-hydroxylation sites is 7. The molecule has 0 saturated carbocycles. The second-order valence-electron chi connectivity index (χ2n) is 36.6. The lowest BCUT2D eigenvalue weighted by Gasteiger charge is -2.12. The lowest BCUT2D eigenvalue weighted by molar-refractivity contribution is 0.668. The van der Waals surface area contributed by atoms with Crippen LogP contribution in [-0.4, -0.2) is 13.2 Å². The number of rotatable bonds is 5. The molecule has 34 aromatic rings. The van der Waals surface area contributed by atoms with E-state index >= 15 is 0 Å². The number of furan rings is 7. The zero-order valence-corrected chi connectivity index (χ0v) is 72.4. The fraction of sp³-hybridized carbons (Fsp3) is 0. The second kappa shape index (κ2) is 26.7. The summed E-state index contributed by atoms with van der Waals surface area (Å²) in [6.07, 6.45) is 0. The third-order valence-electron chi connectivity index (χ3n) is 29.5. The zero-order chi connectivity index (χ0) is 88.1. The van der Waals surface area contributed by atoms with E-state index in [9.17, 15) is 0 Å². The molecule has 0 bridgehead atoms. The third-order valence-corrected chi connectivity index (χ3v) is 29.5. The first-order chi connectivity index (χ1) is 67.4. The van der Waals surface area contributed by atoms with Crippen LogP contribution in [0.1, 0.15) is 0 Å². The molecule has 0 aliphatic rings. The van der Waals surface area contributed by atoms with Crippen molar-refractivity contribution in [2.45, 2.75) is 0 Å². The van der Waals surface area contributed by atoms with Crippen LogP contribution < -0.4 is 0 Å². The summed E-state index contributed by atoms with van der Waals surface area (Å²) in [5.74, 6) is 0. The Hall–Kier alpha value is -18.4. The average molecular weight is 1730 g/mol. The monoisotopic (exact) mass is 1730 g/mol. The largest absolute Gasteiger partial charge is 0.456 e. The quantitative estimate of drug-likeness (QED) is 0.169. The highest BCUT2D eigenvalue weighted by Crippen LogP contribution is 2.54. The number of benzene rings is 21. The van der Waals surface area contributed by atoms with Crippen molar-refractivity contribution < 1.29 is 30.9 Å². The second-order valence-corrected chi connectivity index (χ2v) is 36.6. The van der Waals surface area contributed by atoms with E-state index in [4.69, 9.17) is 30.9 Å². The van der Waals surface area contributed by atoms with E-state index in [0.29, 0.717) is 0 Å². The average Bonchev–Trinajstić information content (AvgIpc) is 1.52. The van der Waals surface area contributed by atoms with Gasteiger partial charge in [-0.15, -0.1) is 0 Å². The number of nitrogens with zero attached hydrogens (tertiary/aromatic N) is 3. The molecule has 0 spiro atoms. The van der Waals surface area contributed by atoms with Gasteiger partial charge in [0.15, 0.2) is 33.5 Å². The Morgan fingerprint density at radius 2 is 0.287 bits per heavy atom. The van der Waals surface area contributed by atoms with Gasteiger partial charge < -0.3 is 44.1 Å². The van der Waals surface area contributed by atoms with Crippen LogP contribution >= 0.6 is 0 Å². The lowest BCUT2D eigenvalue weighted by atomic mass is 9.92. The Kier molecular flexibility index (Phi) is 14.2. The minimum Gasteiger partial charge on any atom is -0.456 e. The summed E-state index contributed by atoms with van der Waals surface area (Å²) in [5.41, 5.74) is 34.6. The Bertz CT molecular complexity index is 10700. The zero-order valence-electron chi connectivity index (χ0n) is 72.4. The molecule has 0 atom stereocenters. The molecule has 0 fully saturated rings. The van der Waals surface area contributed by atoms with Gasteiger partial charge >= 0.3 is 0 Å². The Morgan fingerprint density at radius 3 is 0.551 bits per heavy atom. The van der Waals surface area contributed by atoms with E-state index in [0.717, 1.165) is 198 Å². The van der Waals surface area contributed by atoms with Crippen LogP contribution in [0.2, 0.25) is 0 Å². The molecule has 10 nitrogen and oxygen atoms in total. The highest BCUT2D eigenvalue weighted by Gasteiger charge is 2.31. The number of hydrogen-bond donors (Lipinski definition) is 0. The maximum Gasteiger partial charge on any atom is 0.160 e. The number of hydrogen-bond acceptors (Lipinski definition) is 7. The summed E-state index contributed by atoms with van der Waals surface area (Å²) < 4.78 is 53.5. The summed E-state index contributed by atoms with van der Waals surface area (Å²) in [5, 5.41) is 30.1. The van der Waals surface area contributed by atoms with Gasteiger partial charge in [-0.3, -0.25) is 0 Å². The molecule has 21 aromatic carbocycles. The van der Waals surface area contributed by atoms with Gasteiger partial charge in [-0.2, -0.15) is 0 Å². The van der Waals surface area contributed by atoms with Crippen LogP contribution in [0.5, 0.6) is 0 Å². The first kappa shape index (κ1) is 72.4. The van der Waals surface area contributed by atoms with E-state index in [1.54, 1.807) is 0 Å². The van der Waals surface area contributed by atoms with Crippen LogP contribution in [0.25, 0.3) is 323 Å². The molecule has 0 N–H and O–H groups in total. The number of fused-ring (bicyclic) bond motifs is 45. The van der Waals surface area contributed by atoms with Crippen molar-refractivity contribution in [3.63, 3.8) is 0 Å². The van der Waals surface area contributed by atoms with Crippen LogP contribution in [-0.2, 0) is 0 Å². The fourth-order valence-corrected chi connectivity index (χ4v) is 23.6. The first-order valence-corrected chi connectivity index (χ1v) is 46.3. The summed E-state index contributed by atoms with van der Waals surface area (Å²) in [4.78, 5) is 0. The Balaban J connectivity index is 0.0000000940. The fourth-order valence-electron chi connectivity index (χ4n) is 23.6. The molecule has 0 unspecified atom stereocenters. The number of aromatic nitrogens is 3. The molecule has 0 aliphatic carbocycles. The predicted molar refractivity (Wildman–Crippen MR) is 561 cm³/mol. The standard InChI is InChI=1S/C48H27NO2.C42H21NO3.C36H19NO2/c1-3-11-28(12-4-1)30-23-31(29-13-5-2-6-14-29)25-32(24-30)33-26-40-36-19-21-38-34-15-7-9-17-42(34)50-47(38)45(36)49-44(40)41(27-33)37-20-22-39-35-16-8-10-18-43(35)51-48(39)46(37)49;1-5-11-35-24(7-1)29-16-14-27-32-20-23(22-13-18-37-31(19-22)26-9-3-4-10-34(26)44-37)21-33-28-15-17-30-25-8-2-6-12-36(25)46-42(30)40(28)43(38(32)33)39(27)41(29)45-35;1-2-8-20(9-3-1)21-18-28-24-14-16-26-22-10-4-6-12-30(22)38-35(26)33(24)37-32(28)29(19-21)25-15-17-27-23-11-5-7-13-31(23)39-36(27)34(25)37/h1-27H;1-21H;1-19H. The topological polar surface area (TPSA) is 105 Å². The smallest absolute Gasteiger partial charge is 0.160 e. The molecule has 13 aromatic heterocycles. The maximum atomic E-state index is 6.74. The van der Waals surface area contributed by atoms with Crippen molar-refractivity contribution in [2.75, 3.05) is 0 Å². The van der Waals surface area contributed by atoms with Crippen LogP contribution in [0.3, 0.4) is 0 Å². The van der Waals surface area contributed by atoms with Crippen molar-refractivity contribution in [3.05, 3.63) is 406 Å². The Labute approximate surface area is 768 Å². The molecule has 13 heterocycles. The minimum atomic E-state index is 0.893. The summed E-state index contributed by atoms with van der Waals surface area (Å²) in [6, 6.07) is 145. The molecular formula is C126H67N3O7. The van der Waals surface area contributed by atoms with Gasteiger partial charge in [0.1, 0.15) is 44.7 Å². The normalized spacial score (nSPS) is 12.6. The van der Waals surface area contributed by atoms with Gasteiger partial charge in [0, 0.05) is 140 Å². The maximum absolute atomic E-state index is 6.74. The van der Waals surface area contributed by atoms with Gasteiger partial charge in [0.2, 0.25) is 0 Å². The molecular weight excluding hydrogens is 1670 g/mol. The lowest BCUT2D eigenvalue weighted by Crippen LogP contribution is -1.86. The predicted octanol–water partition coefficient (Wildman–Crippen LogP) is 36.1. The molecule has 34 rings (SSSR count). The van der Waals surface area contributed by atoms with Gasteiger partial charge in [-0.25, -0.2) is 0 Å². The highest BCUT2D eigenvalue weighted by molar-refractivity contribution is 6.37. The molecule has 10 heteroatoms. The van der Waals surface area contributed by atoms with E-state index < -0.39 is 0 Å². The Morgan fingerprint density at radius 1 is 0.103 bits per heavy atom.